The van der Waals surface area contributed by atoms with Crippen molar-refractivity contribution in [1.82, 2.24) is 0 Å². The molecule has 2 aromatic carbocycles. The maximum Gasteiger partial charge on any atom is 0.275 e. The summed E-state index contributed by atoms with van der Waals surface area (Å²) in [6, 6.07) is 11.2. The summed E-state index contributed by atoms with van der Waals surface area (Å²) in [6.07, 6.45) is 0.573. The maximum atomic E-state index is 10.7. The molecule has 6 heteroatoms. The van der Waals surface area contributed by atoms with E-state index in [1.165, 1.54) is 18.2 Å². The minimum absolute atomic E-state index is 0.0849. The first-order valence-corrected chi connectivity index (χ1v) is 6.01. The Kier molecular flexibility index (Phi) is 4.17. The average Bonchev–Trinajstić information content (AvgIpc) is 2.40. The van der Waals surface area contributed by atoms with Crippen LogP contribution < -0.4 is 10.5 Å². The summed E-state index contributed by atoms with van der Waals surface area (Å²) in [7, 11) is 0. The number of anilines is 1. The number of ether oxygens (including phenoxy) is 1. The second-order valence-corrected chi connectivity index (χ2v) is 4.24. The summed E-state index contributed by atoms with van der Waals surface area (Å²) < 4.78 is 5.54. The third-order valence-corrected chi connectivity index (χ3v) is 2.68. The lowest BCUT2D eigenvalue weighted by Gasteiger charge is -2.07. The van der Waals surface area contributed by atoms with Crippen LogP contribution in [0.3, 0.4) is 0 Å². The molecule has 0 spiro atoms. The zero-order valence-electron chi connectivity index (χ0n) is 10.7. The van der Waals surface area contributed by atoms with Crippen molar-refractivity contribution in [3.05, 3.63) is 58.1 Å². The molecule has 20 heavy (non-hydrogen) atoms. The van der Waals surface area contributed by atoms with Gasteiger partial charge in [-0.1, -0.05) is 12.1 Å². The van der Waals surface area contributed by atoms with Gasteiger partial charge in [-0.15, -0.1) is 0 Å². The minimum Gasteiger partial charge on any atom is -0.457 e. The van der Waals surface area contributed by atoms with E-state index in [4.69, 9.17) is 15.6 Å². The molecule has 0 aliphatic rings. The van der Waals surface area contributed by atoms with Crippen LogP contribution in [0.25, 0.3) is 0 Å². The van der Waals surface area contributed by atoms with Crippen molar-refractivity contribution in [2.45, 2.75) is 6.42 Å². The number of aliphatic hydroxyl groups is 1. The van der Waals surface area contributed by atoms with E-state index in [0.717, 1.165) is 5.56 Å². The highest BCUT2D eigenvalue weighted by atomic mass is 16.6. The Hall–Kier alpha value is -2.60. The van der Waals surface area contributed by atoms with Gasteiger partial charge in [0, 0.05) is 24.4 Å². The zero-order chi connectivity index (χ0) is 14.5. The molecule has 0 amide bonds. The van der Waals surface area contributed by atoms with Gasteiger partial charge in [0.2, 0.25) is 0 Å². The van der Waals surface area contributed by atoms with Crippen molar-refractivity contribution in [3.8, 4) is 11.5 Å². The first kappa shape index (κ1) is 13.8. The molecule has 0 saturated heterocycles. The molecule has 0 aliphatic carbocycles. The number of nitro benzene ring substituents is 1. The van der Waals surface area contributed by atoms with Crippen LogP contribution >= 0.6 is 0 Å². The topological polar surface area (TPSA) is 98.6 Å². The summed E-state index contributed by atoms with van der Waals surface area (Å²) >= 11 is 0. The lowest BCUT2D eigenvalue weighted by atomic mass is 10.1. The highest BCUT2D eigenvalue weighted by Crippen LogP contribution is 2.28. The number of rotatable bonds is 5. The van der Waals surface area contributed by atoms with Crippen LogP contribution in [0.5, 0.6) is 11.5 Å². The molecule has 0 aromatic heterocycles. The number of hydrogen-bond acceptors (Lipinski definition) is 5. The highest BCUT2D eigenvalue weighted by molar-refractivity contribution is 5.54. The molecule has 0 bridgehead atoms. The maximum absolute atomic E-state index is 10.7. The molecule has 6 nitrogen and oxygen atoms in total. The molecule has 104 valence electrons. The molecular formula is C14H14N2O4. The fourth-order valence-corrected chi connectivity index (χ4v) is 1.76. The molecule has 0 unspecified atom stereocenters. The smallest absolute Gasteiger partial charge is 0.275 e. The van der Waals surface area contributed by atoms with Crippen molar-refractivity contribution in [1.29, 1.82) is 0 Å². The normalized spacial score (nSPS) is 10.2. The standard InChI is InChI=1S/C14H14N2O4/c15-11-7-12(16(18)19)9-14(8-11)20-13-3-1-10(2-4-13)5-6-17/h1-4,7-9,17H,5-6,15H2. The number of hydrogen-bond donors (Lipinski definition) is 2. The van der Waals surface area contributed by atoms with Gasteiger partial charge in [-0.25, -0.2) is 0 Å². The van der Waals surface area contributed by atoms with Crippen LogP contribution in [0.2, 0.25) is 0 Å². The summed E-state index contributed by atoms with van der Waals surface area (Å²) in [5.41, 5.74) is 6.74. The molecule has 0 heterocycles. The molecule has 0 saturated carbocycles. The van der Waals surface area contributed by atoms with Crippen LogP contribution in [0.15, 0.2) is 42.5 Å². The van der Waals surface area contributed by atoms with Gasteiger partial charge in [0.25, 0.3) is 5.69 Å². The highest BCUT2D eigenvalue weighted by Gasteiger charge is 2.09. The fraction of sp³-hybridized carbons (Fsp3) is 0.143. The van der Waals surface area contributed by atoms with Gasteiger partial charge in [0.1, 0.15) is 11.5 Å². The van der Waals surface area contributed by atoms with Gasteiger partial charge in [0.05, 0.1) is 11.0 Å². The Morgan fingerprint density at radius 3 is 2.45 bits per heavy atom. The van der Waals surface area contributed by atoms with Gasteiger partial charge in [-0.05, 0) is 24.1 Å². The van der Waals surface area contributed by atoms with E-state index in [2.05, 4.69) is 0 Å². The van der Waals surface area contributed by atoms with Crippen LogP contribution in [0, 0.1) is 10.1 Å². The Labute approximate surface area is 115 Å². The summed E-state index contributed by atoms with van der Waals surface area (Å²) in [6.45, 7) is 0.0849. The molecule has 3 N–H and O–H groups in total. The Bertz CT molecular complexity index is 611. The third kappa shape index (κ3) is 3.46. The largest absolute Gasteiger partial charge is 0.457 e. The summed E-state index contributed by atoms with van der Waals surface area (Å²) in [5.74, 6) is 0.859. The number of nitrogens with zero attached hydrogens (tertiary/aromatic N) is 1. The minimum atomic E-state index is -0.520. The predicted octanol–water partition coefficient (Wildman–Crippen LogP) is 2.50. The van der Waals surface area contributed by atoms with Crippen molar-refractivity contribution in [3.63, 3.8) is 0 Å². The van der Waals surface area contributed by atoms with Crippen molar-refractivity contribution >= 4 is 11.4 Å². The molecule has 2 rings (SSSR count). The molecule has 0 aliphatic heterocycles. The van der Waals surface area contributed by atoms with Gasteiger partial charge in [-0.2, -0.15) is 0 Å². The van der Waals surface area contributed by atoms with E-state index < -0.39 is 4.92 Å². The van der Waals surface area contributed by atoms with Gasteiger partial charge >= 0.3 is 0 Å². The Morgan fingerprint density at radius 2 is 1.85 bits per heavy atom. The first-order chi connectivity index (χ1) is 9.58. The number of non-ortho nitro benzene ring substituents is 1. The van der Waals surface area contributed by atoms with E-state index in [9.17, 15) is 10.1 Å². The second kappa shape index (κ2) is 6.03. The van der Waals surface area contributed by atoms with Crippen molar-refractivity contribution in [2.75, 3.05) is 12.3 Å². The SMILES string of the molecule is Nc1cc(Oc2ccc(CCO)cc2)cc([N+](=O)[O-])c1. The monoisotopic (exact) mass is 274 g/mol. The van der Waals surface area contributed by atoms with E-state index in [0.29, 0.717) is 17.9 Å². The van der Waals surface area contributed by atoms with E-state index in [1.54, 1.807) is 12.1 Å². The number of aliphatic hydroxyl groups excluding tert-OH is 1. The Morgan fingerprint density at radius 1 is 1.15 bits per heavy atom. The van der Waals surface area contributed by atoms with Crippen molar-refractivity contribution in [2.24, 2.45) is 0 Å². The molecule has 0 atom stereocenters. The quantitative estimate of drug-likeness (QED) is 0.496. The first-order valence-electron chi connectivity index (χ1n) is 6.01. The summed E-state index contributed by atoms with van der Waals surface area (Å²) in [4.78, 5) is 10.2. The number of nitrogens with two attached hydrogens (primary N) is 1. The van der Waals surface area contributed by atoms with Gasteiger partial charge in [0.15, 0.2) is 0 Å². The van der Waals surface area contributed by atoms with E-state index in [-0.39, 0.29) is 18.0 Å². The number of benzene rings is 2. The number of nitro groups is 1. The molecule has 0 radical (unpaired) electrons. The summed E-state index contributed by atoms with van der Waals surface area (Å²) in [5, 5.41) is 19.6. The van der Waals surface area contributed by atoms with Gasteiger partial charge in [-0.3, -0.25) is 10.1 Å². The zero-order valence-corrected chi connectivity index (χ0v) is 10.7. The fourth-order valence-electron chi connectivity index (χ4n) is 1.76. The van der Waals surface area contributed by atoms with Crippen LogP contribution in [-0.2, 0) is 6.42 Å². The van der Waals surface area contributed by atoms with Crippen molar-refractivity contribution < 1.29 is 14.8 Å². The predicted molar refractivity (Wildman–Crippen MR) is 74.8 cm³/mol. The lowest BCUT2D eigenvalue weighted by Crippen LogP contribution is -1.94. The van der Waals surface area contributed by atoms with E-state index in [1.807, 2.05) is 12.1 Å². The molecule has 0 fully saturated rings. The van der Waals surface area contributed by atoms with Crippen LogP contribution in [-0.4, -0.2) is 16.6 Å². The molecular weight excluding hydrogens is 260 g/mol. The van der Waals surface area contributed by atoms with Crippen LogP contribution in [0.4, 0.5) is 11.4 Å². The van der Waals surface area contributed by atoms with Crippen LogP contribution in [0.1, 0.15) is 5.56 Å². The average molecular weight is 274 g/mol. The third-order valence-electron chi connectivity index (χ3n) is 2.68. The van der Waals surface area contributed by atoms with Gasteiger partial charge < -0.3 is 15.6 Å². The Balaban J connectivity index is 2.19. The number of nitrogen functional groups attached to an aromatic ring is 1. The second-order valence-electron chi connectivity index (χ2n) is 4.24. The molecule has 2 aromatic rings. The lowest BCUT2D eigenvalue weighted by molar-refractivity contribution is -0.384. The van der Waals surface area contributed by atoms with E-state index >= 15 is 0 Å².